The van der Waals surface area contributed by atoms with Gasteiger partial charge in [0.25, 0.3) is 0 Å². The summed E-state index contributed by atoms with van der Waals surface area (Å²) in [5, 5.41) is 10.6. The zero-order chi connectivity index (χ0) is 71.4. The van der Waals surface area contributed by atoms with Crippen molar-refractivity contribution < 1.29 is 80.2 Å². The van der Waals surface area contributed by atoms with Crippen molar-refractivity contribution in [1.29, 1.82) is 0 Å². The highest BCUT2D eigenvalue weighted by molar-refractivity contribution is 7.47. The van der Waals surface area contributed by atoms with Gasteiger partial charge < -0.3 is 33.8 Å². The van der Waals surface area contributed by atoms with Crippen LogP contribution in [0.3, 0.4) is 0 Å². The highest BCUT2D eigenvalue weighted by atomic mass is 31.2. The lowest BCUT2D eigenvalue weighted by molar-refractivity contribution is -0.161. The van der Waals surface area contributed by atoms with Crippen molar-refractivity contribution in [1.82, 2.24) is 0 Å². The van der Waals surface area contributed by atoms with E-state index in [1.165, 1.54) is 225 Å². The molecule has 97 heavy (non-hydrogen) atoms. The van der Waals surface area contributed by atoms with Crippen molar-refractivity contribution in [3.63, 3.8) is 0 Å². The van der Waals surface area contributed by atoms with Gasteiger partial charge in [0.05, 0.1) is 26.4 Å². The van der Waals surface area contributed by atoms with Crippen LogP contribution in [0.25, 0.3) is 0 Å². The molecular formula is C78H152O17P2. The SMILES string of the molecule is CCCCCCCCCCCCCCCCCCCCCC(=O)O[C@H](COC(=O)CCCCCCCCCCCCCCC(C)C)COP(=O)(O)OC[C@@H](O)COP(=O)(O)OC[C@@H](COC(=O)CCCCCCCCCCC(C)C)OC(=O)CCCCCCCCCCCCCC. The summed E-state index contributed by atoms with van der Waals surface area (Å²) in [4.78, 5) is 72.9. The van der Waals surface area contributed by atoms with E-state index in [-0.39, 0.29) is 25.7 Å². The first-order valence-corrected chi connectivity index (χ1v) is 43.5. The molecule has 3 N–H and O–H groups in total. The molecule has 0 bridgehead atoms. The summed E-state index contributed by atoms with van der Waals surface area (Å²) in [7, 11) is -9.91. The number of esters is 4. The highest BCUT2D eigenvalue weighted by Crippen LogP contribution is 2.45. The average molecular weight is 1420 g/mol. The van der Waals surface area contributed by atoms with E-state index >= 15 is 0 Å². The van der Waals surface area contributed by atoms with Gasteiger partial charge in [0.2, 0.25) is 0 Å². The number of unbranched alkanes of at least 4 members (excludes halogenated alkanes) is 47. The fraction of sp³-hybridized carbons (Fsp3) is 0.949. The van der Waals surface area contributed by atoms with E-state index in [9.17, 15) is 43.2 Å². The molecule has 0 spiro atoms. The second kappa shape index (κ2) is 69.8. The van der Waals surface area contributed by atoms with Crippen LogP contribution in [0.5, 0.6) is 0 Å². The molecule has 0 aliphatic heterocycles. The van der Waals surface area contributed by atoms with Gasteiger partial charge in [0.1, 0.15) is 19.3 Å². The number of aliphatic hydroxyl groups excluding tert-OH is 1. The summed E-state index contributed by atoms with van der Waals surface area (Å²) < 4.78 is 68.6. The molecule has 0 aromatic heterocycles. The number of phosphoric acid groups is 2. The lowest BCUT2D eigenvalue weighted by Crippen LogP contribution is -2.30. The first kappa shape index (κ1) is 95.1. The van der Waals surface area contributed by atoms with E-state index in [0.29, 0.717) is 25.7 Å². The Balaban J connectivity index is 5.24. The van der Waals surface area contributed by atoms with E-state index in [4.69, 9.17) is 37.0 Å². The van der Waals surface area contributed by atoms with Crippen molar-refractivity contribution >= 4 is 39.5 Å². The first-order valence-electron chi connectivity index (χ1n) is 40.5. The van der Waals surface area contributed by atoms with Crippen molar-refractivity contribution in [3.8, 4) is 0 Å². The van der Waals surface area contributed by atoms with Gasteiger partial charge in [-0.2, -0.15) is 0 Å². The molecule has 0 aliphatic rings. The predicted molar refractivity (Wildman–Crippen MR) is 395 cm³/mol. The maximum absolute atomic E-state index is 13.1. The smallest absolute Gasteiger partial charge is 0.462 e. The zero-order valence-electron chi connectivity index (χ0n) is 63.4. The summed E-state index contributed by atoms with van der Waals surface area (Å²) in [6.07, 6.45) is 58.3. The van der Waals surface area contributed by atoms with Gasteiger partial charge in [-0.05, 0) is 37.5 Å². The molecule has 576 valence electrons. The predicted octanol–water partition coefficient (Wildman–Crippen LogP) is 23.1. The number of hydrogen-bond acceptors (Lipinski definition) is 15. The molecule has 0 aliphatic carbocycles. The second-order valence-electron chi connectivity index (χ2n) is 29.1. The maximum Gasteiger partial charge on any atom is 0.472 e. The van der Waals surface area contributed by atoms with Gasteiger partial charge >= 0.3 is 39.5 Å². The molecular weight excluding hydrogens is 1270 g/mol. The third kappa shape index (κ3) is 72.2. The van der Waals surface area contributed by atoms with E-state index in [2.05, 4.69) is 41.5 Å². The van der Waals surface area contributed by atoms with Crippen LogP contribution in [-0.4, -0.2) is 96.7 Å². The van der Waals surface area contributed by atoms with Crippen molar-refractivity contribution in [2.75, 3.05) is 39.6 Å². The lowest BCUT2D eigenvalue weighted by Gasteiger charge is -2.21. The molecule has 0 amide bonds. The van der Waals surface area contributed by atoms with Crippen molar-refractivity contribution in [3.05, 3.63) is 0 Å². The molecule has 0 saturated carbocycles. The third-order valence-electron chi connectivity index (χ3n) is 18.2. The second-order valence-corrected chi connectivity index (χ2v) is 32.0. The molecule has 19 heteroatoms. The summed E-state index contributed by atoms with van der Waals surface area (Å²) >= 11 is 0. The number of rotatable bonds is 77. The summed E-state index contributed by atoms with van der Waals surface area (Å²) in [5.41, 5.74) is 0. The molecule has 2 unspecified atom stereocenters. The van der Waals surface area contributed by atoms with Gasteiger partial charge in [0.15, 0.2) is 12.2 Å². The Morgan fingerprint density at radius 1 is 0.278 bits per heavy atom. The van der Waals surface area contributed by atoms with E-state index in [0.717, 1.165) is 102 Å². The average Bonchev–Trinajstić information content (AvgIpc) is 1.39. The number of ether oxygens (including phenoxy) is 4. The normalized spacial score (nSPS) is 14.0. The number of phosphoric ester groups is 2. The highest BCUT2D eigenvalue weighted by Gasteiger charge is 2.30. The van der Waals surface area contributed by atoms with Gasteiger partial charge in [0, 0.05) is 25.7 Å². The third-order valence-corrected chi connectivity index (χ3v) is 20.1. The molecule has 0 rings (SSSR count). The Morgan fingerprint density at radius 2 is 0.474 bits per heavy atom. The number of hydrogen-bond donors (Lipinski definition) is 3. The molecule has 0 aromatic rings. The van der Waals surface area contributed by atoms with Crippen LogP contribution in [0.1, 0.15) is 408 Å². The Morgan fingerprint density at radius 3 is 0.701 bits per heavy atom. The van der Waals surface area contributed by atoms with Crippen LogP contribution in [0.2, 0.25) is 0 Å². The van der Waals surface area contributed by atoms with Crippen molar-refractivity contribution in [2.24, 2.45) is 11.8 Å². The quantitative estimate of drug-likeness (QED) is 0.0222. The van der Waals surface area contributed by atoms with Gasteiger partial charge in [-0.25, -0.2) is 9.13 Å². The summed E-state index contributed by atoms with van der Waals surface area (Å²) in [6, 6.07) is 0. The Hall–Kier alpha value is -1.94. The molecule has 17 nitrogen and oxygen atoms in total. The molecule has 0 fully saturated rings. The van der Waals surface area contributed by atoms with Crippen LogP contribution in [-0.2, 0) is 65.4 Å². The fourth-order valence-electron chi connectivity index (χ4n) is 12.0. The Bertz CT molecular complexity index is 1870. The minimum atomic E-state index is -4.96. The largest absolute Gasteiger partial charge is 0.472 e. The molecule has 0 radical (unpaired) electrons. The van der Waals surface area contributed by atoms with Crippen LogP contribution in [0.15, 0.2) is 0 Å². The summed E-state index contributed by atoms with van der Waals surface area (Å²) in [6.45, 7) is 9.59. The van der Waals surface area contributed by atoms with Crippen LogP contribution >= 0.6 is 15.6 Å². The number of carbonyl (C=O) groups is 4. The number of carbonyl (C=O) groups excluding carboxylic acids is 4. The summed E-state index contributed by atoms with van der Waals surface area (Å²) in [5.74, 6) is -0.604. The Kier molecular flexibility index (Phi) is 68.4. The molecule has 0 heterocycles. The topological polar surface area (TPSA) is 237 Å². The standard InChI is InChI=1S/C78H152O17P2/c1-7-9-11-13-15-17-19-21-22-23-24-25-26-27-33-37-45-51-57-63-78(83)94-73(66-88-75(80)60-54-48-42-35-32-29-28-30-34-40-46-52-58-70(3)4)68-92-96(84,85)90-64-72(79)65-91-97(86,87)93-69-74(67-89-76(81)61-55-49-43-39-38-41-47-53-59-71(5)6)95-77(82)62-56-50-44-36-31-20-18-16-14-12-10-8-2/h70-74,79H,7-69H2,1-6H3,(H,84,85)(H,86,87)/t72-,73-,74-/m1/s1. The maximum atomic E-state index is 13.1. The molecule has 0 aromatic carbocycles. The van der Waals surface area contributed by atoms with Crippen LogP contribution < -0.4 is 0 Å². The minimum Gasteiger partial charge on any atom is -0.462 e. The molecule has 0 saturated heterocycles. The minimum absolute atomic E-state index is 0.107. The van der Waals surface area contributed by atoms with Gasteiger partial charge in [-0.1, -0.05) is 356 Å². The number of aliphatic hydroxyl groups is 1. The van der Waals surface area contributed by atoms with Crippen LogP contribution in [0.4, 0.5) is 0 Å². The fourth-order valence-corrected chi connectivity index (χ4v) is 13.6. The van der Waals surface area contributed by atoms with Crippen molar-refractivity contribution in [2.45, 2.75) is 426 Å². The Labute approximate surface area is 594 Å². The monoisotopic (exact) mass is 1420 g/mol. The lowest BCUT2D eigenvalue weighted by atomic mass is 10.0. The van der Waals surface area contributed by atoms with Crippen LogP contribution in [0, 0.1) is 11.8 Å². The first-order chi connectivity index (χ1) is 46.9. The zero-order valence-corrected chi connectivity index (χ0v) is 65.2. The van der Waals surface area contributed by atoms with E-state index in [1.54, 1.807) is 0 Å². The molecule has 5 atom stereocenters. The van der Waals surface area contributed by atoms with E-state index < -0.39 is 97.5 Å². The van der Waals surface area contributed by atoms with Gasteiger partial charge in [-0.15, -0.1) is 0 Å². The van der Waals surface area contributed by atoms with E-state index in [1.807, 2.05) is 0 Å². The van der Waals surface area contributed by atoms with Gasteiger partial charge in [-0.3, -0.25) is 37.3 Å².